The largest absolute Gasteiger partial charge is 0.511 e. The van der Waals surface area contributed by atoms with Crippen LogP contribution in [-0.4, -0.2) is 40.8 Å². The molecule has 2 N–H and O–H groups in total. The molecule has 2 aliphatic rings. The van der Waals surface area contributed by atoms with Gasteiger partial charge in [-0.25, -0.2) is 0 Å². The van der Waals surface area contributed by atoms with E-state index in [1.54, 1.807) is 0 Å². The van der Waals surface area contributed by atoms with E-state index < -0.39 is 17.5 Å². The lowest BCUT2D eigenvalue weighted by atomic mass is 9.70. The predicted octanol–water partition coefficient (Wildman–Crippen LogP) is 3.60. The highest BCUT2D eigenvalue weighted by atomic mass is 16.5. The van der Waals surface area contributed by atoms with E-state index >= 15 is 0 Å². The van der Waals surface area contributed by atoms with Crippen LogP contribution >= 0.6 is 0 Å². The van der Waals surface area contributed by atoms with Crippen LogP contribution in [0.5, 0.6) is 5.75 Å². The molecule has 0 fully saturated rings. The van der Waals surface area contributed by atoms with Crippen LogP contribution in [0.3, 0.4) is 0 Å². The fourth-order valence-corrected chi connectivity index (χ4v) is 4.74. The molecule has 0 amide bonds. The van der Waals surface area contributed by atoms with Gasteiger partial charge in [-0.05, 0) is 49.7 Å². The molecule has 0 heterocycles. The van der Waals surface area contributed by atoms with Gasteiger partial charge in [-0.2, -0.15) is 0 Å². The Morgan fingerprint density at radius 3 is 2.63 bits per heavy atom. The van der Waals surface area contributed by atoms with Crippen LogP contribution in [0, 0.1) is 17.8 Å². The number of ether oxygens (including phenoxy) is 1. The van der Waals surface area contributed by atoms with E-state index in [9.17, 15) is 24.6 Å². The first-order chi connectivity index (χ1) is 14.4. The van der Waals surface area contributed by atoms with Gasteiger partial charge < -0.3 is 14.9 Å². The maximum atomic E-state index is 12.9. The summed E-state index contributed by atoms with van der Waals surface area (Å²) < 4.78 is 5.83. The third kappa shape index (κ3) is 4.48. The number of hydrogen-bond acceptors (Lipinski definition) is 6. The van der Waals surface area contributed by atoms with Crippen LogP contribution in [-0.2, 0) is 16.0 Å². The summed E-state index contributed by atoms with van der Waals surface area (Å²) in [5.74, 6) is -1.52. The topological polar surface area (TPSA) is 101 Å². The molecule has 0 bridgehead atoms. The highest BCUT2D eigenvalue weighted by molar-refractivity contribution is 6.21. The number of aliphatic hydroxyl groups excluding tert-OH is 2. The van der Waals surface area contributed by atoms with E-state index in [0.717, 1.165) is 18.4 Å². The monoisotopic (exact) mass is 414 g/mol. The highest BCUT2D eigenvalue weighted by Gasteiger charge is 2.40. The molecule has 0 saturated carbocycles. The molecule has 6 heteroatoms. The Bertz CT molecular complexity index is 868. The number of carbonyl (C=O) groups excluding carboxylic acids is 3. The summed E-state index contributed by atoms with van der Waals surface area (Å²) in [4.78, 5) is 37.2. The summed E-state index contributed by atoms with van der Waals surface area (Å²) in [5.41, 5.74) is 1.41. The Hall–Kier alpha value is -2.47. The molecule has 3 unspecified atom stereocenters. The van der Waals surface area contributed by atoms with Crippen molar-refractivity contribution in [2.24, 2.45) is 17.8 Å². The maximum Gasteiger partial charge on any atom is 0.175 e. The summed E-state index contributed by atoms with van der Waals surface area (Å²) >= 11 is 0. The van der Waals surface area contributed by atoms with Crippen molar-refractivity contribution in [2.45, 2.75) is 52.4 Å². The summed E-state index contributed by atoms with van der Waals surface area (Å²) in [6.07, 6.45) is 3.66. The number of allylic oxidation sites excluding steroid dienone is 2. The van der Waals surface area contributed by atoms with E-state index in [4.69, 9.17) is 4.74 Å². The number of Topliss-reactive ketones (excluding diaryl/α,β-unsaturated/α-hetero) is 3. The summed E-state index contributed by atoms with van der Waals surface area (Å²) in [6.45, 7) is 3.53. The van der Waals surface area contributed by atoms with Crippen molar-refractivity contribution < 1.29 is 29.3 Å². The van der Waals surface area contributed by atoms with E-state index in [-0.39, 0.29) is 42.0 Å². The van der Waals surface area contributed by atoms with E-state index in [2.05, 4.69) is 6.92 Å². The fraction of sp³-hybridized carbons (Fsp3) is 0.542. The van der Waals surface area contributed by atoms with E-state index in [1.807, 2.05) is 18.2 Å². The lowest BCUT2D eigenvalue weighted by molar-refractivity contribution is -0.127. The zero-order chi connectivity index (χ0) is 21.8. The number of benzene rings is 1. The third-order valence-electron chi connectivity index (χ3n) is 6.21. The number of hydrogen-bond donors (Lipinski definition) is 2. The Balaban J connectivity index is 1.77. The fourth-order valence-electron chi connectivity index (χ4n) is 4.74. The molecular formula is C24H30O6. The molecule has 0 spiro atoms. The maximum absolute atomic E-state index is 12.9. The second kappa shape index (κ2) is 9.56. The van der Waals surface area contributed by atoms with Crippen molar-refractivity contribution in [3.63, 3.8) is 0 Å². The highest BCUT2D eigenvalue weighted by Crippen LogP contribution is 2.40. The smallest absolute Gasteiger partial charge is 0.175 e. The third-order valence-corrected chi connectivity index (χ3v) is 6.21. The average molecular weight is 414 g/mol. The molecular weight excluding hydrogens is 384 g/mol. The Morgan fingerprint density at radius 1 is 1.20 bits per heavy atom. The summed E-state index contributed by atoms with van der Waals surface area (Å²) in [6, 6.07) is 5.66. The van der Waals surface area contributed by atoms with Gasteiger partial charge in [0.25, 0.3) is 0 Å². The second-order valence-electron chi connectivity index (χ2n) is 8.42. The summed E-state index contributed by atoms with van der Waals surface area (Å²) in [5, 5.41) is 20.0. The molecule has 30 heavy (non-hydrogen) atoms. The SMILES string of the molecule is CCCCOc1cccc2c1C(=O)CC(CC1CC(O)=C(C(C)=O)C(=O)C1CO)C2. The number of unbranched alkanes of at least 4 members (excludes halogenated alkanes) is 1. The normalized spacial score (nSPS) is 24.0. The van der Waals surface area contributed by atoms with Gasteiger partial charge >= 0.3 is 0 Å². The number of aliphatic hydroxyl groups is 2. The van der Waals surface area contributed by atoms with Gasteiger partial charge in [0, 0.05) is 18.8 Å². The van der Waals surface area contributed by atoms with Crippen molar-refractivity contribution in [1.82, 2.24) is 0 Å². The number of ketones is 3. The van der Waals surface area contributed by atoms with Crippen LogP contribution < -0.4 is 4.74 Å². The number of fused-ring (bicyclic) bond motifs is 1. The van der Waals surface area contributed by atoms with Crippen LogP contribution in [0.2, 0.25) is 0 Å². The zero-order valence-corrected chi connectivity index (χ0v) is 17.6. The van der Waals surface area contributed by atoms with Gasteiger partial charge in [-0.1, -0.05) is 25.5 Å². The molecule has 162 valence electrons. The first kappa shape index (κ1) is 22.2. The van der Waals surface area contributed by atoms with Crippen LogP contribution in [0.1, 0.15) is 61.9 Å². The van der Waals surface area contributed by atoms with Crippen molar-refractivity contribution in [3.05, 3.63) is 40.7 Å². The van der Waals surface area contributed by atoms with Gasteiger partial charge in [-0.15, -0.1) is 0 Å². The lowest BCUT2D eigenvalue weighted by Crippen LogP contribution is -2.37. The van der Waals surface area contributed by atoms with Crippen LogP contribution in [0.15, 0.2) is 29.5 Å². The average Bonchev–Trinajstić information content (AvgIpc) is 2.67. The van der Waals surface area contributed by atoms with E-state index in [1.165, 1.54) is 6.92 Å². The van der Waals surface area contributed by atoms with Crippen molar-refractivity contribution in [2.75, 3.05) is 13.2 Å². The Kier molecular flexibility index (Phi) is 7.08. The molecule has 0 aromatic heterocycles. The first-order valence-electron chi connectivity index (χ1n) is 10.7. The summed E-state index contributed by atoms with van der Waals surface area (Å²) in [7, 11) is 0. The molecule has 0 saturated heterocycles. The van der Waals surface area contributed by atoms with Crippen molar-refractivity contribution in [3.8, 4) is 5.75 Å². The standard InChI is InChI=1S/C24H30O6/c1-3-4-8-30-21-7-5-6-16-9-15(11-19(27)23(16)21)10-17-12-20(28)22(14(2)26)24(29)18(17)13-25/h5-7,15,17-18,25,28H,3-4,8-13H2,1-2H3. The van der Waals surface area contributed by atoms with Gasteiger partial charge in [-0.3, -0.25) is 14.4 Å². The second-order valence-corrected chi connectivity index (χ2v) is 8.42. The zero-order valence-electron chi connectivity index (χ0n) is 17.6. The molecule has 3 rings (SSSR count). The van der Waals surface area contributed by atoms with E-state index in [0.29, 0.717) is 37.2 Å². The predicted molar refractivity (Wildman–Crippen MR) is 112 cm³/mol. The van der Waals surface area contributed by atoms with Crippen LogP contribution in [0.25, 0.3) is 0 Å². The minimum atomic E-state index is -0.722. The quantitative estimate of drug-likeness (QED) is 0.498. The van der Waals surface area contributed by atoms with Gasteiger partial charge in [0.05, 0.1) is 24.4 Å². The molecule has 3 atom stereocenters. The number of rotatable bonds is 8. The van der Waals surface area contributed by atoms with Crippen molar-refractivity contribution in [1.29, 1.82) is 0 Å². The van der Waals surface area contributed by atoms with Crippen LogP contribution in [0.4, 0.5) is 0 Å². The minimum Gasteiger partial charge on any atom is -0.511 e. The molecule has 0 radical (unpaired) electrons. The van der Waals surface area contributed by atoms with Gasteiger partial charge in [0.15, 0.2) is 17.3 Å². The molecule has 6 nitrogen and oxygen atoms in total. The van der Waals surface area contributed by atoms with Gasteiger partial charge in [0.1, 0.15) is 11.5 Å². The molecule has 1 aromatic rings. The molecule has 0 aliphatic heterocycles. The van der Waals surface area contributed by atoms with Crippen molar-refractivity contribution >= 4 is 17.3 Å². The Labute approximate surface area is 176 Å². The Morgan fingerprint density at radius 2 is 1.97 bits per heavy atom. The number of carbonyl (C=O) groups is 3. The molecule has 1 aromatic carbocycles. The minimum absolute atomic E-state index is 0.00872. The molecule has 2 aliphatic carbocycles. The van der Waals surface area contributed by atoms with Gasteiger partial charge in [0.2, 0.25) is 0 Å². The first-order valence-corrected chi connectivity index (χ1v) is 10.7. The lowest BCUT2D eigenvalue weighted by Gasteiger charge is -2.34.